The molecular formula is C17H21N3O2. The molecule has 0 saturated heterocycles. The van der Waals surface area contributed by atoms with E-state index in [-0.39, 0.29) is 6.04 Å². The Hall–Kier alpha value is -2.43. The third-order valence-electron chi connectivity index (χ3n) is 3.04. The van der Waals surface area contributed by atoms with Crippen molar-refractivity contribution in [2.45, 2.75) is 39.3 Å². The molecule has 1 aromatic carbocycles. The molecule has 5 nitrogen and oxygen atoms in total. The fraction of sp³-hybridized carbons (Fsp3) is 0.353. The zero-order valence-electron chi connectivity index (χ0n) is 13.3. The van der Waals surface area contributed by atoms with Gasteiger partial charge in [0.15, 0.2) is 0 Å². The Morgan fingerprint density at radius 1 is 1.09 bits per heavy atom. The van der Waals surface area contributed by atoms with Crippen molar-refractivity contribution < 1.29 is 9.53 Å². The van der Waals surface area contributed by atoms with Crippen LogP contribution in [0.1, 0.15) is 39.3 Å². The van der Waals surface area contributed by atoms with Gasteiger partial charge in [-0.1, -0.05) is 24.3 Å². The molecule has 0 aliphatic heterocycles. The maximum Gasteiger partial charge on any atom is 0.408 e. The van der Waals surface area contributed by atoms with Gasteiger partial charge < -0.3 is 10.1 Å². The molecule has 0 saturated carbocycles. The summed E-state index contributed by atoms with van der Waals surface area (Å²) in [6.45, 7) is 7.44. The first-order valence-corrected chi connectivity index (χ1v) is 7.20. The predicted octanol–water partition coefficient (Wildman–Crippen LogP) is 3.73. The van der Waals surface area contributed by atoms with Crippen molar-refractivity contribution in [3.63, 3.8) is 0 Å². The summed E-state index contributed by atoms with van der Waals surface area (Å²) in [5, 5.41) is 2.83. The first-order chi connectivity index (χ1) is 10.3. The van der Waals surface area contributed by atoms with Gasteiger partial charge in [0.25, 0.3) is 0 Å². The number of hydrogen-bond donors (Lipinski definition) is 1. The maximum atomic E-state index is 11.8. The molecule has 1 amide bonds. The summed E-state index contributed by atoms with van der Waals surface area (Å²) in [6.07, 6.45) is 4.62. The molecule has 1 aromatic heterocycles. The monoisotopic (exact) mass is 299 g/mol. The summed E-state index contributed by atoms with van der Waals surface area (Å²) in [5.74, 6) is 0. The van der Waals surface area contributed by atoms with Gasteiger partial charge in [-0.15, -0.1) is 0 Å². The molecule has 116 valence electrons. The van der Waals surface area contributed by atoms with Crippen molar-refractivity contribution in [2.24, 2.45) is 0 Å². The third-order valence-corrected chi connectivity index (χ3v) is 3.04. The lowest BCUT2D eigenvalue weighted by Crippen LogP contribution is -2.34. The number of rotatable bonds is 3. The van der Waals surface area contributed by atoms with Gasteiger partial charge >= 0.3 is 6.09 Å². The lowest BCUT2D eigenvalue weighted by Gasteiger charge is -2.22. The highest BCUT2D eigenvalue weighted by molar-refractivity contribution is 5.68. The van der Waals surface area contributed by atoms with E-state index < -0.39 is 11.7 Å². The average Bonchev–Trinajstić information content (AvgIpc) is 2.46. The molecule has 1 N–H and O–H groups in total. The third kappa shape index (κ3) is 4.55. The van der Waals surface area contributed by atoms with Gasteiger partial charge in [-0.05, 0) is 38.8 Å². The molecule has 2 aromatic rings. The minimum atomic E-state index is -0.499. The second kappa shape index (κ2) is 6.56. The smallest absolute Gasteiger partial charge is 0.408 e. The first kappa shape index (κ1) is 15.9. The molecule has 0 radical (unpaired) electrons. The Kier molecular flexibility index (Phi) is 4.75. The maximum absolute atomic E-state index is 11.8. The van der Waals surface area contributed by atoms with Gasteiger partial charge in [-0.3, -0.25) is 0 Å². The molecule has 5 heteroatoms. The Bertz CT molecular complexity index is 619. The Morgan fingerprint density at radius 3 is 2.23 bits per heavy atom. The molecule has 0 fully saturated rings. The molecule has 1 heterocycles. The summed E-state index contributed by atoms with van der Waals surface area (Å²) in [5.41, 5.74) is 2.50. The van der Waals surface area contributed by atoms with Crippen LogP contribution in [0.5, 0.6) is 0 Å². The Morgan fingerprint density at radius 2 is 1.68 bits per heavy atom. The zero-order chi connectivity index (χ0) is 16.2. The van der Waals surface area contributed by atoms with E-state index in [1.165, 1.54) is 6.33 Å². The molecule has 22 heavy (non-hydrogen) atoms. The molecule has 0 spiro atoms. The molecule has 0 bridgehead atoms. The van der Waals surface area contributed by atoms with Gasteiger partial charge in [-0.2, -0.15) is 0 Å². The highest BCUT2D eigenvalue weighted by atomic mass is 16.6. The van der Waals surface area contributed by atoms with E-state index in [1.54, 1.807) is 12.4 Å². The minimum absolute atomic E-state index is 0.129. The van der Waals surface area contributed by atoms with Crippen molar-refractivity contribution in [1.82, 2.24) is 15.3 Å². The van der Waals surface area contributed by atoms with Crippen LogP contribution in [0.25, 0.3) is 11.1 Å². The van der Waals surface area contributed by atoms with Crippen LogP contribution in [0.4, 0.5) is 4.79 Å². The number of aromatic nitrogens is 2. The van der Waals surface area contributed by atoms with Crippen LogP contribution >= 0.6 is 0 Å². The number of nitrogens with zero attached hydrogens (tertiary/aromatic N) is 2. The number of carbonyl (C=O) groups is 1. The number of hydrogen-bond acceptors (Lipinski definition) is 4. The van der Waals surface area contributed by atoms with E-state index >= 15 is 0 Å². The van der Waals surface area contributed by atoms with Gasteiger partial charge in [0.2, 0.25) is 0 Å². The van der Waals surface area contributed by atoms with Crippen LogP contribution in [0.15, 0.2) is 43.0 Å². The van der Waals surface area contributed by atoms with Gasteiger partial charge in [-0.25, -0.2) is 14.8 Å². The van der Waals surface area contributed by atoms with Crippen LogP contribution in [0.2, 0.25) is 0 Å². The largest absolute Gasteiger partial charge is 0.444 e. The summed E-state index contributed by atoms with van der Waals surface area (Å²) in [6, 6.07) is 7.80. The molecule has 1 unspecified atom stereocenters. The van der Waals surface area contributed by atoms with E-state index in [9.17, 15) is 4.79 Å². The second-order valence-corrected chi connectivity index (χ2v) is 6.12. The van der Waals surface area contributed by atoms with Crippen molar-refractivity contribution in [3.8, 4) is 11.1 Å². The Labute approximate surface area is 130 Å². The predicted molar refractivity (Wildman–Crippen MR) is 85.3 cm³/mol. The fourth-order valence-corrected chi connectivity index (χ4v) is 1.98. The molecule has 0 aliphatic carbocycles. The topological polar surface area (TPSA) is 64.1 Å². The average molecular weight is 299 g/mol. The summed E-state index contributed by atoms with van der Waals surface area (Å²) >= 11 is 0. The van der Waals surface area contributed by atoms with Crippen molar-refractivity contribution in [2.75, 3.05) is 0 Å². The minimum Gasteiger partial charge on any atom is -0.444 e. The van der Waals surface area contributed by atoms with Crippen molar-refractivity contribution in [3.05, 3.63) is 48.5 Å². The molecular weight excluding hydrogens is 278 g/mol. The fourth-order valence-electron chi connectivity index (χ4n) is 1.98. The molecule has 1 atom stereocenters. The van der Waals surface area contributed by atoms with Crippen LogP contribution in [0, 0.1) is 0 Å². The number of nitrogens with one attached hydrogen (secondary N) is 1. The number of ether oxygens (including phenoxy) is 1. The highest BCUT2D eigenvalue weighted by Crippen LogP contribution is 2.21. The highest BCUT2D eigenvalue weighted by Gasteiger charge is 2.18. The van der Waals surface area contributed by atoms with Crippen LogP contribution in [0.3, 0.4) is 0 Å². The molecule has 0 aliphatic rings. The van der Waals surface area contributed by atoms with Crippen LogP contribution in [-0.2, 0) is 4.74 Å². The number of alkyl carbamates (subject to hydrolysis) is 1. The van der Waals surface area contributed by atoms with Gasteiger partial charge in [0.1, 0.15) is 11.9 Å². The normalized spacial score (nSPS) is 12.5. The van der Waals surface area contributed by atoms with Crippen molar-refractivity contribution >= 4 is 6.09 Å². The van der Waals surface area contributed by atoms with Gasteiger partial charge in [0, 0.05) is 18.0 Å². The lowest BCUT2D eigenvalue weighted by atomic mass is 10.0. The quantitative estimate of drug-likeness (QED) is 0.938. The van der Waals surface area contributed by atoms with Crippen molar-refractivity contribution in [1.29, 1.82) is 0 Å². The van der Waals surface area contributed by atoms with E-state index in [1.807, 2.05) is 52.0 Å². The number of carbonyl (C=O) groups excluding carboxylic acids is 1. The van der Waals surface area contributed by atoms with E-state index in [2.05, 4.69) is 15.3 Å². The summed E-state index contributed by atoms with van der Waals surface area (Å²) < 4.78 is 5.26. The number of amides is 1. The molecule has 2 rings (SSSR count). The van der Waals surface area contributed by atoms with E-state index in [0.717, 1.165) is 16.7 Å². The lowest BCUT2D eigenvalue weighted by molar-refractivity contribution is 0.0508. The van der Waals surface area contributed by atoms with Gasteiger partial charge in [0.05, 0.1) is 6.04 Å². The summed E-state index contributed by atoms with van der Waals surface area (Å²) in [4.78, 5) is 19.8. The Balaban J connectivity index is 2.02. The van der Waals surface area contributed by atoms with E-state index in [4.69, 9.17) is 4.74 Å². The number of benzene rings is 1. The SMILES string of the molecule is CC(NC(=O)OC(C)(C)C)c1ccc(-c2cncnc2)cc1. The van der Waals surface area contributed by atoms with E-state index in [0.29, 0.717) is 0 Å². The van der Waals surface area contributed by atoms with Crippen LogP contribution < -0.4 is 5.32 Å². The van der Waals surface area contributed by atoms with Crippen LogP contribution in [-0.4, -0.2) is 21.7 Å². The second-order valence-electron chi connectivity index (χ2n) is 6.12. The first-order valence-electron chi connectivity index (χ1n) is 7.20. The standard InChI is InChI=1S/C17H21N3O2/c1-12(20-16(21)22-17(2,3)4)13-5-7-14(8-6-13)15-9-18-11-19-10-15/h5-12H,1-4H3,(H,20,21). The zero-order valence-corrected chi connectivity index (χ0v) is 13.3. The summed E-state index contributed by atoms with van der Waals surface area (Å²) in [7, 11) is 0.